The first-order valence-electron chi connectivity index (χ1n) is 6.57. The summed E-state index contributed by atoms with van der Waals surface area (Å²) in [6.45, 7) is 1.34. The highest BCUT2D eigenvalue weighted by atomic mass is 32.1. The first-order valence-corrected chi connectivity index (χ1v) is 7.45. The molecule has 2 rings (SSSR count). The Hall–Kier alpha value is -2.49. The number of aromatic nitrogens is 2. The highest BCUT2D eigenvalue weighted by Gasteiger charge is 2.33. The number of carbonyl (C=O) groups excluding carboxylic acids is 1. The minimum atomic E-state index is -4.53. The fourth-order valence-corrected chi connectivity index (χ4v) is 2.74. The van der Waals surface area contributed by atoms with Crippen molar-refractivity contribution < 1.29 is 27.9 Å². The van der Waals surface area contributed by atoms with E-state index in [2.05, 4.69) is 9.97 Å². The van der Waals surface area contributed by atoms with Gasteiger partial charge in [-0.15, -0.1) is 11.3 Å². The van der Waals surface area contributed by atoms with Gasteiger partial charge in [0.1, 0.15) is 10.7 Å². The molecule has 0 aliphatic carbocycles. The van der Waals surface area contributed by atoms with E-state index < -0.39 is 23.7 Å². The van der Waals surface area contributed by atoms with Crippen LogP contribution in [-0.2, 0) is 12.7 Å². The molecule has 1 N–H and O–H groups in total. The summed E-state index contributed by atoms with van der Waals surface area (Å²) < 4.78 is 37.5. The molecule has 2 heterocycles. The largest absolute Gasteiger partial charge is 0.478 e. The van der Waals surface area contributed by atoms with E-state index in [9.17, 15) is 22.8 Å². The second-order valence-corrected chi connectivity index (χ2v) is 5.86. The molecule has 0 unspecified atom stereocenters. The Labute approximate surface area is 138 Å². The predicted octanol–water partition coefficient (Wildman–Crippen LogP) is 2.84. The monoisotopic (exact) mass is 359 g/mol. The number of alkyl halides is 3. The van der Waals surface area contributed by atoms with E-state index >= 15 is 0 Å². The molecule has 10 heteroatoms. The van der Waals surface area contributed by atoms with Crippen LogP contribution in [0.15, 0.2) is 17.5 Å². The fourth-order valence-electron chi connectivity index (χ4n) is 1.89. The molecule has 0 aromatic carbocycles. The normalized spacial score (nSPS) is 11.4. The molecule has 0 saturated carbocycles. The van der Waals surface area contributed by atoms with Gasteiger partial charge in [-0.3, -0.25) is 4.79 Å². The molecule has 0 saturated heterocycles. The molecule has 2 aromatic rings. The van der Waals surface area contributed by atoms with Crippen molar-refractivity contribution in [3.05, 3.63) is 45.2 Å². The highest BCUT2D eigenvalue weighted by molar-refractivity contribution is 7.09. The number of carbonyl (C=O) groups is 2. The van der Waals surface area contributed by atoms with Gasteiger partial charge < -0.3 is 10.0 Å². The van der Waals surface area contributed by atoms with E-state index in [1.165, 1.54) is 31.0 Å². The maximum atomic E-state index is 12.5. The molecule has 0 radical (unpaired) electrons. The number of hydrogen-bond acceptors (Lipinski definition) is 5. The van der Waals surface area contributed by atoms with Gasteiger partial charge in [0.2, 0.25) is 0 Å². The topological polar surface area (TPSA) is 83.4 Å². The van der Waals surface area contributed by atoms with Crippen LogP contribution in [0, 0.1) is 6.92 Å². The van der Waals surface area contributed by atoms with Crippen molar-refractivity contribution in [1.82, 2.24) is 14.9 Å². The van der Waals surface area contributed by atoms with Crippen molar-refractivity contribution in [1.29, 1.82) is 0 Å². The smallest absolute Gasteiger partial charge is 0.434 e. The number of carboxylic acids is 1. The predicted molar refractivity (Wildman–Crippen MR) is 78.8 cm³/mol. The molecule has 0 atom stereocenters. The molecule has 0 aliphatic heterocycles. The minimum absolute atomic E-state index is 0.00704. The van der Waals surface area contributed by atoms with E-state index in [0.29, 0.717) is 0 Å². The molecule has 0 bridgehead atoms. The number of amides is 1. The molecule has 128 valence electrons. The third-order valence-corrected chi connectivity index (χ3v) is 3.93. The fraction of sp³-hybridized carbons (Fsp3) is 0.286. The average molecular weight is 359 g/mol. The zero-order chi connectivity index (χ0) is 18.1. The van der Waals surface area contributed by atoms with Crippen molar-refractivity contribution in [3.63, 3.8) is 0 Å². The lowest BCUT2D eigenvalue weighted by Crippen LogP contribution is -2.27. The van der Waals surface area contributed by atoms with Gasteiger partial charge in [0, 0.05) is 12.4 Å². The summed E-state index contributed by atoms with van der Waals surface area (Å²) in [4.78, 5) is 31.7. The summed E-state index contributed by atoms with van der Waals surface area (Å²) in [7, 11) is 1.40. The molecule has 2 aromatic heterocycles. The van der Waals surface area contributed by atoms with Gasteiger partial charge in [0.05, 0.1) is 17.8 Å². The van der Waals surface area contributed by atoms with Crippen molar-refractivity contribution in [2.45, 2.75) is 19.6 Å². The van der Waals surface area contributed by atoms with Gasteiger partial charge in [0.15, 0.2) is 5.69 Å². The van der Waals surface area contributed by atoms with Gasteiger partial charge in [-0.2, -0.15) is 13.2 Å². The van der Waals surface area contributed by atoms with E-state index in [1.54, 1.807) is 0 Å². The first-order chi connectivity index (χ1) is 11.1. The summed E-state index contributed by atoms with van der Waals surface area (Å²) in [6.07, 6.45) is -4.53. The lowest BCUT2D eigenvalue weighted by molar-refractivity contribution is -0.140. The SMILES string of the molecule is Cc1nc(C(=O)N(C)Cc2nc(C(F)(F)F)cs2)ccc1C(=O)O. The Morgan fingerprint density at radius 1 is 1.29 bits per heavy atom. The Morgan fingerprint density at radius 2 is 1.96 bits per heavy atom. The Kier molecular flexibility index (Phi) is 4.88. The number of carboxylic acid groups (broad SMARTS) is 1. The van der Waals surface area contributed by atoms with Crippen LogP contribution >= 0.6 is 11.3 Å². The van der Waals surface area contributed by atoms with Crippen LogP contribution in [0.2, 0.25) is 0 Å². The first kappa shape index (κ1) is 17.9. The van der Waals surface area contributed by atoms with Crippen LogP contribution in [0.4, 0.5) is 13.2 Å². The second-order valence-electron chi connectivity index (χ2n) is 4.92. The maximum Gasteiger partial charge on any atom is 0.434 e. The third-order valence-electron chi connectivity index (χ3n) is 3.10. The number of halogens is 3. The maximum absolute atomic E-state index is 12.5. The summed E-state index contributed by atoms with van der Waals surface area (Å²) >= 11 is 0.804. The third kappa shape index (κ3) is 3.88. The van der Waals surface area contributed by atoms with Gasteiger partial charge in [0.25, 0.3) is 5.91 Å². The van der Waals surface area contributed by atoms with Crippen LogP contribution in [0.25, 0.3) is 0 Å². The summed E-state index contributed by atoms with van der Waals surface area (Å²) in [5.74, 6) is -1.70. The van der Waals surface area contributed by atoms with Crippen LogP contribution in [0.1, 0.15) is 37.2 Å². The number of nitrogens with zero attached hydrogens (tertiary/aromatic N) is 3. The number of aromatic carboxylic acids is 1. The van der Waals surface area contributed by atoms with E-state index in [-0.39, 0.29) is 28.5 Å². The van der Waals surface area contributed by atoms with Crippen molar-refractivity contribution >= 4 is 23.2 Å². The van der Waals surface area contributed by atoms with Crippen molar-refractivity contribution in [2.75, 3.05) is 7.05 Å². The van der Waals surface area contributed by atoms with Crippen LogP contribution in [-0.4, -0.2) is 38.9 Å². The Balaban J connectivity index is 2.14. The standard InChI is InChI=1S/C14H12F3N3O3S/c1-7-8(13(22)23)3-4-9(18-7)12(21)20(2)5-11-19-10(6-24-11)14(15,16)17/h3-4,6H,5H2,1-2H3,(H,22,23). The zero-order valence-electron chi connectivity index (χ0n) is 12.6. The van der Waals surface area contributed by atoms with Gasteiger partial charge >= 0.3 is 12.1 Å². The van der Waals surface area contributed by atoms with Gasteiger partial charge in [-0.1, -0.05) is 0 Å². The molecule has 6 nitrogen and oxygen atoms in total. The lowest BCUT2D eigenvalue weighted by atomic mass is 10.2. The number of rotatable bonds is 4. The Bertz CT molecular complexity index is 789. The molecule has 0 spiro atoms. The van der Waals surface area contributed by atoms with Crippen LogP contribution < -0.4 is 0 Å². The number of thiazole rings is 1. The summed E-state index contributed by atoms with van der Waals surface area (Å²) in [5, 5.41) is 9.96. The minimum Gasteiger partial charge on any atom is -0.478 e. The van der Waals surface area contributed by atoms with Crippen molar-refractivity contribution in [2.24, 2.45) is 0 Å². The molecule has 1 amide bonds. The molecular weight excluding hydrogens is 347 g/mol. The Morgan fingerprint density at radius 3 is 2.46 bits per heavy atom. The molecule has 0 fully saturated rings. The number of aryl methyl sites for hydroxylation is 1. The number of hydrogen-bond donors (Lipinski definition) is 1. The van der Waals surface area contributed by atoms with Gasteiger partial charge in [-0.25, -0.2) is 14.8 Å². The van der Waals surface area contributed by atoms with Gasteiger partial charge in [-0.05, 0) is 19.1 Å². The van der Waals surface area contributed by atoms with E-state index in [1.807, 2.05) is 0 Å². The van der Waals surface area contributed by atoms with E-state index in [4.69, 9.17) is 5.11 Å². The molecular formula is C14H12F3N3O3S. The highest BCUT2D eigenvalue weighted by Crippen LogP contribution is 2.30. The quantitative estimate of drug-likeness (QED) is 0.908. The molecule has 0 aliphatic rings. The van der Waals surface area contributed by atoms with E-state index in [0.717, 1.165) is 16.7 Å². The second kappa shape index (κ2) is 6.56. The summed E-state index contributed by atoms with van der Waals surface area (Å²) in [5.41, 5.74) is -0.838. The molecule has 24 heavy (non-hydrogen) atoms. The lowest BCUT2D eigenvalue weighted by Gasteiger charge is -2.15. The average Bonchev–Trinajstić information content (AvgIpc) is 2.94. The van der Waals surface area contributed by atoms with Crippen LogP contribution in [0.5, 0.6) is 0 Å². The number of pyridine rings is 1. The van der Waals surface area contributed by atoms with Crippen LogP contribution in [0.3, 0.4) is 0 Å². The van der Waals surface area contributed by atoms with Crippen molar-refractivity contribution in [3.8, 4) is 0 Å². The zero-order valence-corrected chi connectivity index (χ0v) is 13.4. The summed E-state index contributed by atoms with van der Waals surface area (Å²) in [6, 6.07) is 2.52.